The molecule has 80 valence electrons. The van der Waals surface area contributed by atoms with Crippen LogP contribution in [0.3, 0.4) is 0 Å². The van der Waals surface area contributed by atoms with Crippen molar-refractivity contribution >= 4 is 12.0 Å². The standard InChI is InChI=1S/C9H17N3O2/c1-12(2)7-3-5-10-9(14)11-6-4-8-13/h4H,3,5-7H2,1-2H3,(H2,10,11,14). The molecule has 0 aromatic heterocycles. The molecule has 0 fully saturated rings. The molecular weight excluding hydrogens is 182 g/mol. The van der Waals surface area contributed by atoms with Crippen molar-refractivity contribution in [2.24, 2.45) is 0 Å². The van der Waals surface area contributed by atoms with Crippen molar-refractivity contribution in [2.75, 3.05) is 33.7 Å². The van der Waals surface area contributed by atoms with E-state index in [-0.39, 0.29) is 12.6 Å². The van der Waals surface area contributed by atoms with Gasteiger partial charge in [0.15, 0.2) is 0 Å². The minimum Gasteiger partial charge on any atom is -0.338 e. The van der Waals surface area contributed by atoms with Gasteiger partial charge < -0.3 is 15.5 Å². The lowest BCUT2D eigenvalue weighted by molar-refractivity contribution is 0.241. The molecule has 0 saturated heterocycles. The Morgan fingerprint density at radius 3 is 2.71 bits per heavy atom. The van der Waals surface area contributed by atoms with Crippen molar-refractivity contribution in [1.29, 1.82) is 0 Å². The van der Waals surface area contributed by atoms with E-state index in [0.717, 1.165) is 13.0 Å². The van der Waals surface area contributed by atoms with E-state index in [2.05, 4.69) is 15.5 Å². The number of hydrogen-bond acceptors (Lipinski definition) is 3. The molecule has 2 N–H and O–H groups in total. The number of amides is 2. The molecule has 5 heteroatoms. The van der Waals surface area contributed by atoms with Gasteiger partial charge in [-0.1, -0.05) is 0 Å². The second-order valence-corrected chi connectivity index (χ2v) is 3.12. The summed E-state index contributed by atoms with van der Waals surface area (Å²) in [6.45, 7) is 1.80. The fourth-order valence-corrected chi connectivity index (χ4v) is 0.845. The Morgan fingerprint density at radius 2 is 2.14 bits per heavy atom. The molecule has 0 saturated carbocycles. The fourth-order valence-electron chi connectivity index (χ4n) is 0.845. The summed E-state index contributed by atoms with van der Waals surface area (Å²) in [5.41, 5.74) is 0. The van der Waals surface area contributed by atoms with Crippen LogP contribution in [0.2, 0.25) is 0 Å². The van der Waals surface area contributed by atoms with Crippen molar-refractivity contribution in [1.82, 2.24) is 15.5 Å². The highest BCUT2D eigenvalue weighted by atomic mass is 16.2. The molecule has 0 rings (SSSR count). The van der Waals surface area contributed by atoms with E-state index in [1.165, 1.54) is 6.08 Å². The lowest BCUT2D eigenvalue weighted by atomic mass is 10.4. The van der Waals surface area contributed by atoms with Crippen LogP contribution in [0.5, 0.6) is 0 Å². The van der Waals surface area contributed by atoms with Gasteiger partial charge in [0.2, 0.25) is 0 Å². The first-order valence-electron chi connectivity index (χ1n) is 4.52. The third-order valence-electron chi connectivity index (χ3n) is 1.52. The van der Waals surface area contributed by atoms with Crippen LogP contribution in [0.15, 0.2) is 6.08 Å². The second-order valence-electron chi connectivity index (χ2n) is 3.12. The molecule has 0 radical (unpaired) electrons. The highest BCUT2D eigenvalue weighted by Crippen LogP contribution is 1.80. The van der Waals surface area contributed by atoms with Crippen molar-refractivity contribution < 1.29 is 9.59 Å². The Hall–Kier alpha value is -1.32. The predicted octanol–water partition coefficient (Wildman–Crippen LogP) is -0.375. The van der Waals surface area contributed by atoms with E-state index in [1.54, 1.807) is 5.94 Å². The summed E-state index contributed by atoms with van der Waals surface area (Å²) in [6, 6.07) is -0.254. The van der Waals surface area contributed by atoms with Crippen molar-refractivity contribution in [3.8, 4) is 0 Å². The maximum absolute atomic E-state index is 11.0. The maximum atomic E-state index is 11.0. The van der Waals surface area contributed by atoms with E-state index in [0.29, 0.717) is 6.54 Å². The zero-order chi connectivity index (χ0) is 10.8. The molecule has 0 bridgehead atoms. The average Bonchev–Trinajstić information content (AvgIpc) is 2.13. The van der Waals surface area contributed by atoms with Crippen LogP contribution >= 0.6 is 0 Å². The monoisotopic (exact) mass is 199 g/mol. The van der Waals surface area contributed by atoms with Gasteiger partial charge in [0, 0.05) is 19.2 Å². The van der Waals surface area contributed by atoms with Crippen LogP contribution in [-0.4, -0.2) is 50.6 Å². The molecule has 0 aromatic carbocycles. The Labute approximate surface area is 84.2 Å². The Morgan fingerprint density at radius 1 is 1.43 bits per heavy atom. The van der Waals surface area contributed by atoms with Gasteiger partial charge >= 0.3 is 6.03 Å². The van der Waals surface area contributed by atoms with Gasteiger partial charge in [0.1, 0.15) is 5.94 Å². The lowest BCUT2D eigenvalue weighted by Gasteiger charge is -2.09. The average molecular weight is 199 g/mol. The van der Waals surface area contributed by atoms with Gasteiger partial charge in [0.05, 0.1) is 0 Å². The van der Waals surface area contributed by atoms with Crippen LogP contribution in [-0.2, 0) is 4.79 Å². The Bertz CT molecular complexity index is 210. The normalized spacial score (nSPS) is 9.36. The Balaban J connectivity index is 3.31. The summed E-state index contributed by atoms with van der Waals surface area (Å²) in [7, 11) is 3.96. The van der Waals surface area contributed by atoms with E-state index < -0.39 is 0 Å². The molecular formula is C9H17N3O2. The summed E-state index contributed by atoms with van der Waals surface area (Å²) in [5, 5.41) is 5.16. The molecule has 0 spiro atoms. The summed E-state index contributed by atoms with van der Waals surface area (Å²) in [4.78, 5) is 22.8. The summed E-state index contributed by atoms with van der Waals surface area (Å²) < 4.78 is 0. The topological polar surface area (TPSA) is 61.4 Å². The molecule has 5 nitrogen and oxygen atoms in total. The predicted molar refractivity (Wildman–Crippen MR) is 54.8 cm³/mol. The third-order valence-corrected chi connectivity index (χ3v) is 1.52. The van der Waals surface area contributed by atoms with Crippen LogP contribution < -0.4 is 10.6 Å². The quantitative estimate of drug-likeness (QED) is 0.453. The first kappa shape index (κ1) is 12.7. The molecule has 0 aliphatic carbocycles. The van der Waals surface area contributed by atoms with Crippen molar-refractivity contribution in [3.05, 3.63) is 6.08 Å². The minimum absolute atomic E-state index is 0.225. The highest BCUT2D eigenvalue weighted by molar-refractivity contribution is 5.74. The molecule has 0 aliphatic heterocycles. The second kappa shape index (κ2) is 8.29. The van der Waals surface area contributed by atoms with Crippen LogP contribution in [0.4, 0.5) is 4.79 Å². The van der Waals surface area contributed by atoms with Crippen LogP contribution in [0, 0.1) is 0 Å². The van der Waals surface area contributed by atoms with E-state index in [1.807, 2.05) is 14.1 Å². The number of carbonyl (C=O) groups is 1. The first-order valence-corrected chi connectivity index (χ1v) is 4.52. The summed E-state index contributed by atoms with van der Waals surface area (Å²) in [6.07, 6.45) is 2.13. The smallest absolute Gasteiger partial charge is 0.315 e. The number of nitrogens with one attached hydrogen (secondary N) is 2. The van der Waals surface area contributed by atoms with E-state index in [9.17, 15) is 9.59 Å². The van der Waals surface area contributed by atoms with Gasteiger partial charge in [-0.25, -0.2) is 9.59 Å². The highest BCUT2D eigenvalue weighted by Gasteiger charge is 1.96. The third kappa shape index (κ3) is 8.77. The van der Waals surface area contributed by atoms with Crippen molar-refractivity contribution in [2.45, 2.75) is 6.42 Å². The molecule has 0 aliphatic rings. The van der Waals surface area contributed by atoms with Gasteiger partial charge in [-0.05, 0) is 27.1 Å². The van der Waals surface area contributed by atoms with Gasteiger partial charge in [-0.15, -0.1) is 0 Å². The molecule has 0 aromatic rings. The molecule has 14 heavy (non-hydrogen) atoms. The number of rotatable bonds is 6. The maximum Gasteiger partial charge on any atom is 0.315 e. The molecule has 0 atom stereocenters. The zero-order valence-electron chi connectivity index (χ0n) is 8.67. The lowest BCUT2D eigenvalue weighted by Crippen LogP contribution is -2.36. The molecule has 0 heterocycles. The van der Waals surface area contributed by atoms with Gasteiger partial charge in [-0.2, -0.15) is 0 Å². The van der Waals surface area contributed by atoms with E-state index in [4.69, 9.17) is 0 Å². The van der Waals surface area contributed by atoms with Crippen molar-refractivity contribution in [3.63, 3.8) is 0 Å². The number of urea groups is 1. The summed E-state index contributed by atoms with van der Waals surface area (Å²) in [5.74, 6) is 1.58. The molecule has 2 amide bonds. The number of nitrogens with zero attached hydrogens (tertiary/aromatic N) is 1. The number of carbonyl (C=O) groups excluding carboxylic acids is 2. The van der Waals surface area contributed by atoms with Crippen LogP contribution in [0.25, 0.3) is 0 Å². The Kier molecular flexibility index (Phi) is 7.50. The van der Waals surface area contributed by atoms with Crippen LogP contribution in [0.1, 0.15) is 6.42 Å². The van der Waals surface area contributed by atoms with Gasteiger partial charge in [-0.3, -0.25) is 0 Å². The first-order chi connectivity index (χ1) is 6.66. The fraction of sp³-hybridized carbons (Fsp3) is 0.667. The zero-order valence-corrected chi connectivity index (χ0v) is 8.67. The van der Waals surface area contributed by atoms with E-state index >= 15 is 0 Å². The SMILES string of the molecule is CN(C)CCCNC(=O)NCC=C=O. The van der Waals surface area contributed by atoms with Gasteiger partial charge in [0.25, 0.3) is 0 Å². The minimum atomic E-state index is -0.254. The summed E-state index contributed by atoms with van der Waals surface area (Å²) >= 11 is 0. The largest absolute Gasteiger partial charge is 0.338 e. The molecule has 0 unspecified atom stereocenters. The number of hydrogen-bond donors (Lipinski definition) is 2.